The molecule has 0 bridgehead atoms. The van der Waals surface area contributed by atoms with Crippen molar-refractivity contribution >= 4 is 34.1 Å². The van der Waals surface area contributed by atoms with Gasteiger partial charge in [-0.1, -0.05) is 0 Å². The van der Waals surface area contributed by atoms with Gasteiger partial charge in [0, 0.05) is 42.8 Å². The summed E-state index contributed by atoms with van der Waals surface area (Å²) in [6.07, 6.45) is 1.76. The molecule has 1 aliphatic heterocycles. The molecule has 0 aliphatic carbocycles. The van der Waals surface area contributed by atoms with E-state index in [0.717, 1.165) is 42.4 Å². The predicted molar refractivity (Wildman–Crippen MR) is 99.0 cm³/mol. The summed E-state index contributed by atoms with van der Waals surface area (Å²) in [5.74, 6) is 0.312. The fraction of sp³-hybridized carbons (Fsp3) is 0.312. The molecule has 1 fully saturated rings. The molecule has 2 aromatic rings. The number of carbonyl (C=O) groups is 2. The number of piperazine rings is 1. The molecule has 0 saturated carbocycles. The van der Waals surface area contributed by atoms with Crippen molar-refractivity contribution in [1.82, 2.24) is 9.88 Å². The molecule has 0 radical (unpaired) electrons. The summed E-state index contributed by atoms with van der Waals surface area (Å²) < 4.78 is 0. The van der Waals surface area contributed by atoms with Gasteiger partial charge < -0.3 is 21.3 Å². The first kappa shape index (κ1) is 17.2. The Hall–Kier alpha value is -2.65. The number of nitrogens with one attached hydrogen (secondary N) is 1. The number of carbonyl (C=O) groups excluding carboxylic acids is 2. The molecule has 8 nitrogen and oxygen atoms in total. The number of rotatable bonds is 4. The van der Waals surface area contributed by atoms with Gasteiger partial charge in [0.05, 0.1) is 5.56 Å². The van der Waals surface area contributed by atoms with Crippen LogP contribution in [0.3, 0.4) is 0 Å². The largest absolute Gasteiger partial charge is 0.366 e. The maximum Gasteiger partial charge on any atom is 0.317 e. The van der Waals surface area contributed by atoms with Gasteiger partial charge in [-0.3, -0.25) is 10.1 Å². The molecule has 2 aromatic heterocycles. The van der Waals surface area contributed by atoms with Gasteiger partial charge >= 0.3 is 6.03 Å². The zero-order valence-electron chi connectivity index (χ0n) is 13.9. The molecule has 0 unspecified atom stereocenters. The van der Waals surface area contributed by atoms with Crippen LogP contribution in [-0.4, -0.2) is 55.0 Å². The van der Waals surface area contributed by atoms with Crippen LogP contribution in [-0.2, 0) is 0 Å². The lowest BCUT2D eigenvalue weighted by atomic mass is 10.2. The first-order chi connectivity index (χ1) is 11.9. The number of hydrogen-bond acceptors (Lipinski definition) is 6. The van der Waals surface area contributed by atoms with Gasteiger partial charge in [0.2, 0.25) is 0 Å². The van der Waals surface area contributed by atoms with E-state index in [1.165, 1.54) is 11.3 Å². The molecular formula is C16H20N6O2S. The summed E-state index contributed by atoms with van der Waals surface area (Å²) >= 11 is 1.24. The van der Waals surface area contributed by atoms with Crippen LogP contribution in [0, 0.1) is 0 Å². The highest BCUT2D eigenvalue weighted by Crippen LogP contribution is 2.35. The number of likely N-dealkylation sites (N-methyl/N-ethyl adjacent to an activating group) is 1. The summed E-state index contributed by atoms with van der Waals surface area (Å²) in [6, 6.07) is 4.82. The maximum absolute atomic E-state index is 11.5. The number of anilines is 2. The lowest BCUT2D eigenvalue weighted by Crippen LogP contribution is -2.44. The Balaban J connectivity index is 1.82. The third-order valence-electron chi connectivity index (χ3n) is 4.09. The molecule has 5 N–H and O–H groups in total. The van der Waals surface area contributed by atoms with E-state index in [2.05, 4.69) is 27.1 Å². The number of hydrogen-bond donors (Lipinski definition) is 3. The summed E-state index contributed by atoms with van der Waals surface area (Å²) in [7, 11) is 2.11. The van der Waals surface area contributed by atoms with E-state index >= 15 is 0 Å². The Morgan fingerprint density at radius 2 is 1.92 bits per heavy atom. The number of amides is 3. The molecule has 1 aliphatic rings. The SMILES string of the molecule is CN1CCN(c2ccc(-c3cc(C(N)=O)c(NC(N)=O)s3)cn2)CC1. The monoisotopic (exact) mass is 360 g/mol. The number of pyridine rings is 1. The van der Waals surface area contributed by atoms with Gasteiger partial charge in [-0.15, -0.1) is 11.3 Å². The summed E-state index contributed by atoms with van der Waals surface area (Å²) in [6.45, 7) is 3.91. The second kappa shape index (κ2) is 7.08. The second-order valence-corrected chi connectivity index (χ2v) is 6.95. The quantitative estimate of drug-likeness (QED) is 0.756. The topological polar surface area (TPSA) is 118 Å². The fourth-order valence-corrected chi connectivity index (χ4v) is 3.73. The standard InChI is InChI=1S/C16H20N6O2S/c1-21-4-6-22(7-5-21)13-3-2-10(9-19-13)12-8-11(14(17)23)15(25-12)20-16(18)24/h2-3,8-9H,4-7H2,1H3,(H2,17,23)(H3,18,20,24). The maximum atomic E-state index is 11.5. The van der Waals surface area contributed by atoms with Crippen molar-refractivity contribution in [2.45, 2.75) is 0 Å². The van der Waals surface area contributed by atoms with Crippen LogP contribution in [0.15, 0.2) is 24.4 Å². The van der Waals surface area contributed by atoms with Crippen LogP contribution in [0.1, 0.15) is 10.4 Å². The van der Waals surface area contributed by atoms with Crippen molar-refractivity contribution in [3.8, 4) is 10.4 Å². The fourth-order valence-electron chi connectivity index (χ4n) is 2.68. The Morgan fingerprint density at radius 3 is 2.48 bits per heavy atom. The van der Waals surface area contributed by atoms with E-state index in [-0.39, 0.29) is 5.56 Å². The molecule has 0 atom stereocenters. The number of aromatic nitrogens is 1. The van der Waals surface area contributed by atoms with Gasteiger partial charge in [0.25, 0.3) is 5.91 Å². The molecule has 0 aromatic carbocycles. The van der Waals surface area contributed by atoms with Gasteiger partial charge in [-0.2, -0.15) is 0 Å². The van der Waals surface area contributed by atoms with Crippen molar-refractivity contribution in [2.75, 3.05) is 43.4 Å². The number of urea groups is 1. The second-order valence-electron chi connectivity index (χ2n) is 5.90. The highest BCUT2D eigenvalue weighted by atomic mass is 32.1. The van der Waals surface area contributed by atoms with Gasteiger partial charge in [0.1, 0.15) is 10.8 Å². The zero-order valence-corrected chi connectivity index (χ0v) is 14.7. The molecular weight excluding hydrogens is 340 g/mol. The smallest absolute Gasteiger partial charge is 0.317 e. The Labute approximate surface area is 149 Å². The third kappa shape index (κ3) is 3.89. The van der Waals surface area contributed by atoms with Crippen LogP contribution in [0.4, 0.5) is 15.6 Å². The highest BCUT2D eigenvalue weighted by Gasteiger charge is 2.18. The molecule has 9 heteroatoms. The van der Waals surface area contributed by atoms with Gasteiger partial charge in [-0.25, -0.2) is 9.78 Å². The van der Waals surface area contributed by atoms with Crippen LogP contribution in [0.25, 0.3) is 10.4 Å². The molecule has 3 amide bonds. The summed E-state index contributed by atoms with van der Waals surface area (Å²) in [4.78, 5) is 32.5. The molecule has 0 spiro atoms. The molecule has 3 heterocycles. The number of primary amides is 2. The minimum Gasteiger partial charge on any atom is -0.366 e. The van der Waals surface area contributed by atoms with Crippen molar-refractivity contribution in [2.24, 2.45) is 11.5 Å². The molecule has 1 saturated heterocycles. The van der Waals surface area contributed by atoms with Crippen LogP contribution < -0.4 is 21.7 Å². The Kier molecular flexibility index (Phi) is 4.86. The number of thiophene rings is 1. The third-order valence-corrected chi connectivity index (χ3v) is 5.19. The van der Waals surface area contributed by atoms with Crippen molar-refractivity contribution in [3.63, 3.8) is 0 Å². The van der Waals surface area contributed by atoms with Crippen LogP contribution >= 0.6 is 11.3 Å². The normalized spacial score (nSPS) is 15.2. The number of nitrogens with two attached hydrogens (primary N) is 2. The lowest BCUT2D eigenvalue weighted by Gasteiger charge is -2.33. The van der Waals surface area contributed by atoms with E-state index in [1.807, 2.05) is 12.1 Å². The first-order valence-electron chi connectivity index (χ1n) is 7.84. The Morgan fingerprint density at radius 1 is 1.20 bits per heavy atom. The molecule has 132 valence electrons. The van der Waals surface area contributed by atoms with E-state index in [1.54, 1.807) is 12.3 Å². The molecule has 25 heavy (non-hydrogen) atoms. The minimum absolute atomic E-state index is 0.238. The first-order valence-corrected chi connectivity index (χ1v) is 8.65. The average Bonchev–Trinajstić information content (AvgIpc) is 2.99. The Bertz CT molecular complexity index is 780. The zero-order chi connectivity index (χ0) is 18.0. The number of nitrogens with zero attached hydrogens (tertiary/aromatic N) is 3. The van der Waals surface area contributed by atoms with E-state index in [0.29, 0.717) is 5.00 Å². The summed E-state index contributed by atoms with van der Waals surface area (Å²) in [5, 5.41) is 2.78. The van der Waals surface area contributed by atoms with E-state index < -0.39 is 11.9 Å². The average molecular weight is 360 g/mol. The van der Waals surface area contributed by atoms with Gasteiger partial charge in [-0.05, 0) is 25.2 Å². The summed E-state index contributed by atoms with van der Waals surface area (Å²) in [5.41, 5.74) is 11.6. The predicted octanol–water partition coefficient (Wildman–Crippen LogP) is 1.15. The van der Waals surface area contributed by atoms with Crippen molar-refractivity contribution in [1.29, 1.82) is 0 Å². The van der Waals surface area contributed by atoms with Crippen molar-refractivity contribution < 1.29 is 9.59 Å². The highest BCUT2D eigenvalue weighted by molar-refractivity contribution is 7.20. The molecule has 3 rings (SSSR count). The van der Waals surface area contributed by atoms with Gasteiger partial charge in [0.15, 0.2) is 0 Å². The lowest BCUT2D eigenvalue weighted by molar-refractivity contribution is 0.100. The van der Waals surface area contributed by atoms with Crippen LogP contribution in [0.5, 0.6) is 0 Å². The van der Waals surface area contributed by atoms with E-state index in [4.69, 9.17) is 11.5 Å². The van der Waals surface area contributed by atoms with Crippen molar-refractivity contribution in [3.05, 3.63) is 30.0 Å². The van der Waals surface area contributed by atoms with E-state index in [9.17, 15) is 9.59 Å². The van der Waals surface area contributed by atoms with Crippen LogP contribution in [0.2, 0.25) is 0 Å². The minimum atomic E-state index is -0.737.